The first kappa shape index (κ1) is 17.4. The molecule has 2 aromatic rings. The van der Waals surface area contributed by atoms with Crippen LogP contribution in [0.1, 0.15) is 18.4 Å². The lowest BCUT2D eigenvalue weighted by Gasteiger charge is -2.44. The number of rotatable bonds is 4. The first-order chi connectivity index (χ1) is 13.0. The van der Waals surface area contributed by atoms with Gasteiger partial charge in [0.05, 0.1) is 17.0 Å². The van der Waals surface area contributed by atoms with E-state index < -0.39 is 9.84 Å². The molecule has 0 amide bonds. The minimum Gasteiger partial charge on any atom is -0.508 e. The summed E-state index contributed by atoms with van der Waals surface area (Å²) in [6.07, 6.45) is 4.43. The molecule has 6 nitrogen and oxygen atoms in total. The molecule has 2 saturated heterocycles. The fraction of sp³-hybridized carbons (Fsp3) is 0.550. The van der Waals surface area contributed by atoms with Gasteiger partial charge in [-0.15, -0.1) is 0 Å². The Balaban J connectivity index is 1.37. The first-order valence-corrected chi connectivity index (χ1v) is 11.6. The standard InChI is InChI=1S/C20H25N3O3S/c24-17-4-3-16-7-15(9-21-18(16)8-17)11-23-6-5-22(10-14-1-2-14)19-12-27(25,26)13-20(19)23/h3-4,7-9,14,19-20,24H,1-2,5-6,10-13H2/t19-,20+/m1/s1. The zero-order valence-electron chi connectivity index (χ0n) is 15.3. The minimum atomic E-state index is -2.97. The van der Waals surface area contributed by atoms with Gasteiger partial charge in [-0.3, -0.25) is 14.8 Å². The highest BCUT2D eigenvalue weighted by Crippen LogP contribution is 2.34. The van der Waals surface area contributed by atoms with Crippen LogP contribution in [0.15, 0.2) is 30.5 Å². The van der Waals surface area contributed by atoms with Gasteiger partial charge in [0, 0.05) is 55.9 Å². The van der Waals surface area contributed by atoms with Crippen molar-refractivity contribution in [2.24, 2.45) is 5.92 Å². The number of phenolic OH excluding ortho intramolecular Hbond substituents is 1. The molecule has 1 aromatic heterocycles. The number of aromatic hydroxyl groups is 1. The fourth-order valence-electron chi connectivity index (χ4n) is 4.63. The van der Waals surface area contributed by atoms with Crippen molar-refractivity contribution in [2.75, 3.05) is 31.1 Å². The van der Waals surface area contributed by atoms with Crippen LogP contribution in [0.4, 0.5) is 0 Å². The largest absolute Gasteiger partial charge is 0.508 e. The number of aromatic nitrogens is 1. The van der Waals surface area contributed by atoms with E-state index in [4.69, 9.17) is 0 Å². The number of hydrogen-bond acceptors (Lipinski definition) is 6. The third kappa shape index (κ3) is 3.56. The number of benzene rings is 1. The Morgan fingerprint density at radius 2 is 1.81 bits per heavy atom. The molecule has 3 heterocycles. The molecule has 1 saturated carbocycles. The van der Waals surface area contributed by atoms with E-state index in [2.05, 4.69) is 20.9 Å². The Morgan fingerprint density at radius 3 is 2.59 bits per heavy atom. The molecule has 1 aromatic carbocycles. The molecule has 2 atom stereocenters. The Kier molecular flexibility index (Phi) is 4.14. The number of phenols is 1. The van der Waals surface area contributed by atoms with E-state index in [-0.39, 0.29) is 23.6 Å². The van der Waals surface area contributed by atoms with Gasteiger partial charge < -0.3 is 5.11 Å². The summed E-state index contributed by atoms with van der Waals surface area (Å²) in [5, 5.41) is 10.6. The van der Waals surface area contributed by atoms with Crippen LogP contribution < -0.4 is 0 Å². The Morgan fingerprint density at radius 1 is 1.07 bits per heavy atom. The van der Waals surface area contributed by atoms with Crippen LogP contribution in [0, 0.1) is 5.92 Å². The Hall–Kier alpha value is -1.70. The summed E-state index contributed by atoms with van der Waals surface area (Å²) in [7, 11) is -2.97. The van der Waals surface area contributed by atoms with E-state index in [1.807, 2.05) is 12.3 Å². The van der Waals surface area contributed by atoms with Gasteiger partial charge in [0.2, 0.25) is 0 Å². The number of pyridine rings is 1. The van der Waals surface area contributed by atoms with Crippen LogP contribution in [0.2, 0.25) is 0 Å². The van der Waals surface area contributed by atoms with Crippen LogP contribution in [-0.2, 0) is 16.4 Å². The van der Waals surface area contributed by atoms with Gasteiger partial charge in [0.1, 0.15) is 5.75 Å². The summed E-state index contributed by atoms with van der Waals surface area (Å²) >= 11 is 0. The highest BCUT2D eigenvalue weighted by Gasteiger charge is 2.47. The topological polar surface area (TPSA) is 73.7 Å². The Labute approximate surface area is 159 Å². The molecule has 0 bridgehead atoms. The second kappa shape index (κ2) is 6.43. The van der Waals surface area contributed by atoms with E-state index in [1.165, 1.54) is 12.8 Å². The third-order valence-corrected chi connectivity index (χ3v) is 7.90. The average Bonchev–Trinajstić information content (AvgIpc) is 3.37. The molecule has 0 unspecified atom stereocenters. The molecule has 27 heavy (non-hydrogen) atoms. The third-order valence-electron chi connectivity index (χ3n) is 6.21. The zero-order chi connectivity index (χ0) is 18.6. The monoisotopic (exact) mass is 387 g/mol. The molecule has 3 fully saturated rings. The lowest BCUT2D eigenvalue weighted by Crippen LogP contribution is -2.59. The summed E-state index contributed by atoms with van der Waals surface area (Å²) in [5.74, 6) is 1.57. The van der Waals surface area contributed by atoms with Crippen LogP contribution in [0.3, 0.4) is 0 Å². The second-order valence-corrected chi connectivity index (χ2v) is 10.5. The molecule has 1 aliphatic carbocycles. The molecular formula is C20H25N3O3S. The van der Waals surface area contributed by atoms with Crippen LogP contribution in [0.25, 0.3) is 10.9 Å². The maximum Gasteiger partial charge on any atom is 0.153 e. The second-order valence-electron chi connectivity index (χ2n) is 8.34. The quantitative estimate of drug-likeness (QED) is 0.860. The molecular weight excluding hydrogens is 362 g/mol. The summed E-state index contributed by atoms with van der Waals surface area (Å²) in [5.41, 5.74) is 1.86. The van der Waals surface area contributed by atoms with Crippen molar-refractivity contribution in [1.82, 2.24) is 14.8 Å². The summed E-state index contributed by atoms with van der Waals surface area (Å²) in [6.45, 7) is 3.63. The number of piperazine rings is 1. The predicted molar refractivity (Wildman–Crippen MR) is 104 cm³/mol. The van der Waals surface area contributed by atoms with Crippen molar-refractivity contribution in [3.05, 3.63) is 36.0 Å². The van der Waals surface area contributed by atoms with Gasteiger partial charge in [0.25, 0.3) is 0 Å². The van der Waals surface area contributed by atoms with Crippen molar-refractivity contribution in [3.8, 4) is 5.75 Å². The fourth-order valence-corrected chi connectivity index (χ4v) is 6.67. The van der Waals surface area contributed by atoms with Gasteiger partial charge in [-0.05, 0) is 42.5 Å². The van der Waals surface area contributed by atoms with Gasteiger partial charge >= 0.3 is 0 Å². The highest BCUT2D eigenvalue weighted by molar-refractivity contribution is 7.91. The van der Waals surface area contributed by atoms with Crippen LogP contribution in [0.5, 0.6) is 5.75 Å². The minimum absolute atomic E-state index is 0.0815. The smallest absolute Gasteiger partial charge is 0.153 e. The van der Waals surface area contributed by atoms with Crippen molar-refractivity contribution in [2.45, 2.75) is 31.5 Å². The molecule has 144 valence electrons. The molecule has 3 aliphatic rings. The van der Waals surface area contributed by atoms with Crippen molar-refractivity contribution in [3.63, 3.8) is 0 Å². The molecule has 1 N–H and O–H groups in total. The molecule has 0 radical (unpaired) electrons. The van der Waals surface area contributed by atoms with Crippen molar-refractivity contribution >= 4 is 20.7 Å². The van der Waals surface area contributed by atoms with Gasteiger partial charge in [-0.25, -0.2) is 8.42 Å². The SMILES string of the molecule is O=S1(=O)C[C@@H]2[C@H](C1)N(Cc1cnc3cc(O)ccc3c1)CCN2CC1CC1. The Bertz CT molecular complexity index is 974. The van der Waals surface area contributed by atoms with Crippen LogP contribution >= 0.6 is 0 Å². The number of sulfone groups is 1. The number of nitrogens with zero attached hydrogens (tertiary/aromatic N) is 3. The highest BCUT2D eigenvalue weighted by atomic mass is 32.2. The average molecular weight is 388 g/mol. The summed E-state index contributed by atoms with van der Waals surface area (Å²) in [4.78, 5) is 9.24. The summed E-state index contributed by atoms with van der Waals surface area (Å²) in [6, 6.07) is 7.51. The molecule has 0 spiro atoms. The summed E-state index contributed by atoms with van der Waals surface area (Å²) < 4.78 is 24.7. The van der Waals surface area contributed by atoms with E-state index in [0.717, 1.165) is 48.6 Å². The van der Waals surface area contributed by atoms with E-state index >= 15 is 0 Å². The molecule has 7 heteroatoms. The molecule has 2 aliphatic heterocycles. The number of hydrogen-bond donors (Lipinski definition) is 1. The predicted octanol–water partition coefficient (Wildman–Crippen LogP) is 1.63. The van der Waals surface area contributed by atoms with Gasteiger partial charge in [0.15, 0.2) is 9.84 Å². The lowest BCUT2D eigenvalue weighted by molar-refractivity contribution is 0.0376. The van der Waals surface area contributed by atoms with Gasteiger partial charge in [-0.2, -0.15) is 0 Å². The van der Waals surface area contributed by atoms with Gasteiger partial charge in [-0.1, -0.05) is 0 Å². The zero-order valence-corrected chi connectivity index (χ0v) is 16.1. The van der Waals surface area contributed by atoms with E-state index in [0.29, 0.717) is 5.75 Å². The van der Waals surface area contributed by atoms with Crippen LogP contribution in [-0.4, -0.2) is 71.5 Å². The lowest BCUT2D eigenvalue weighted by atomic mass is 10.0. The molecule has 5 rings (SSSR count). The van der Waals surface area contributed by atoms with E-state index in [9.17, 15) is 13.5 Å². The van der Waals surface area contributed by atoms with Crippen molar-refractivity contribution < 1.29 is 13.5 Å². The van der Waals surface area contributed by atoms with Crippen molar-refractivity contribution in [1.29, 1.82) is 0 Å². The normalized spacial score (nSPS) is 28.4. The maximum atomic E-state index is 12.4. The first-order valence-electron chi connectivity index (χ1n) is 9.73. The maximum absolute atomic E-state index is 12.4. The van der Waals surface area contributed by atoms with E-state index in [1.54, 1.807) is 12.1 Å². The number of fused-ring (bicyclic) bond motifs is 2.